The number of aromatic nitrogens is 6. The lowest BCUT2D eigenvalue weighted by atomic mass is 9.81. The Hall–Kier alpha value is -3.55. The van der Waals surface area contributed by atoms with Gasteiger partial charge in [0.05, 0.1) is 10.5 Å². The standard InChI is InChI=1S/C23H19ClN6O/c1-2-17-20-13-18(22-25-28-29-26-22)19(24)14-30(20)27-21(17)23(31,15-9-5-3-6-10-15)16-11-7-4-8-12-16/h3-14,31H,2H2,1H3,(H,25,26,28,29). The van der Waals surface area contributed by atoms with E-state index in [0.717, 1.165) is 22.2 Å². The summed E-state index contributed by atoms with van der Waals surface area (Å²) in [4.78, 5) is 0. The van der Waals surface area contributed by atoms with Gasteiger partial charge >= 0.3 is 0 Å². The van der Waals surface area contributed by atoms with Crippen LogP contribution in [0.2, 0.25) is 5.02 Å². The molecule has 0 aliphatic carbocycles. The molecule has 0 saturated carbocycles. The number of hydrogen-bond acceptors (Lipinski definition) is 5. The van der Waals surface area contributed by atoms with Crippen molar-refractivity contribution in [3.63, 3.8) is 0 Å². The van der Waals surface area contributed by atoms with Crippen LogP contribution in [-0.4, -0.2) is 35.3 Å². The van der Waals surface area contributed by atoms with Crippen molar-refractivity contribution in [3.8, 4) is 11.4 Å². The van der Waals surface area contributed by atoms with Crippen LogP contribution >= 0.6 is 11.6 Å². The first-order valence-electron chi connectivity index (χ1n) is 9.91. The van der Waals surface area contributed by atoms with Crippen molar-refractivity contribution in [2.75, 3.05) is 0 Å². The van der Waals surface area contributed by atoms with Gasteiger partial charge in [0.1, 0.15) is 5.69 Å². The molecule has 7 nitrogen and oxygen atoms in total. The van der Waals surface area contributed by atoms with Gasteiger partial charge in [-0.2, -0.15) is 5.10 Å². The minimum absolute atomic E-state index is 0.450. The van der Waals surface area contributed by atoms with Crippen LogP contribution in [0.4, 0.5) is 0 Å². The highest BCUT2D eigenvalue weighted by Crippen LogP contribution is 2.40. The van der Waals surface area contributed by atoms with Crippen LogP contribution < -0.4 is 0 Å². The van der Waals surface area contributed by atoms with E-state index in [2.05, 4.69) is 20.6 Å². The van der Waals surface area contributed by atoms with E-state index < -0.39 is 5.60 Å². The van der Waals surface area contributed by atoms with Gasteiger partial charge in [0.2, 0.25) is 0 Å². The highest BCUT2D eigenvalue weighted by atomic mass is 35.5. The van der Waals surface area contributed by atoms with E-state index in [9.17, 15) is 5.11 Å². The average molecular weight is 431 g/mol. The Morgan fingerprint density at radius 1 is 1.03 bits per heavy atom. The Morgan fingerprint density at radius 3 is 2.23 bits per heavy atom. The van der Waals surface area contributed by atoms with Crippen molar-refractivity contribution in [2.45, 2.75) is 18.9 Å². The van der Waals surface area contributed by atoms with Crippen molar-refractivity contribution >= 4 is 17.1 Å². The molecule has 0 aliphatic rings. The zero-order valence-corrected chi connectivity index (χ0v) is 17.5. The molecule has 0 bridgehead atoms. The first-order chi connectivity index (χ1) is 15.1. The third-order valence-electron chi connectivity index (χ3n) is 5.50. The van der Waals surface area contributed by atoms with Crippen molar-refractivity contribution in [1.82, 2.24) is 30.2 Å². The first-order valence-corrected chi connectivity index (χ1v) is 10.3. The highest BCUT2D eigenvalue weighted by Gasteiger charge is 2.39. The number of fused-ring (bicyclic) bond motifs is 1. The Kier molecular flexibility index (Phi) is 4.77. The largest absolute Gasteiger partial charge is 0.374 e. The maximum Gasteiger partial charge on any atom is 0.181 e. The summed E-state index contributed by atoms with van der Waals surface area (Å²) in [6.07, 6.45) is 2.38. The van der Waals surface area contributed by atoms with E-state index >= 15 is 0 Å². The second-order valence-corrected chi connectivity index (χ2v) is 7.65. The number of nitrogens with one attached hydrogen (secondary N) is 1. The summed E-state index contributed by atoms with van der Waals surface area (Å²) in [5.41, 5.74) is 3.04. The van der Waals surface area contributed by atoms with Crippen LogP contribution in [0.25, 0.3) is 16.9 Å². The molecule has 0 unspecified atom stereocenters. The lowest BCUT2D eigenvalue weighted by molar-refractivity contribution is 0.119. The highest BCUT2D eigenvalue weighted by molar-refractivity contribution is 6.33. The lowest BCUT2D eigenvalue weighted by Gasteiger charge is -2.28. The van der Waals surface area contributed by atoms with Gasteiger partial charge in [-0.1, -0.05) is 79.2 Å². The molecule has 3 heterocycles. The average Bonchev–Trinajstić information content (AvgIpc) is 3.47. The molecule has 0 radical (unpaired) electrons. The van der Waals surface area contributed by atoms with Crippen molar-refractivity contribution in [2.24, 2.45) is 0 Å². The summed E-state index contributed by atoms with van der Waals surface area (Å²) >= 11 is 6.51. The Balaban J connectivity index is 1.81. The van der Waals surface area contributed by atoms with Crippen LogP contribution in [0.5, 0.6) is 0 Å². The van der Waals surface area contributed by atoms with Crippen molar-refractivity contribution < 1.29 is 5.11 Å². The summed E-state index contributed by atoms with van der Waals surface area (Å²) in [6, 6.07) is 21.1. The number of aryl methyl sites for hydroxylation is 1. The molecule has 2 aromatic carbocycles. The van der Waals surface area contributed by atoms with Crippen LogP contribution in [0.15, 0.2) is 72.9 Å². The third kappa shape index (κ3) is 3.10. The van der Waals surface area contributed by atoms with Crippen LogP contribution in [0, 0.1) is 0 Å². The molecule has 31 heavy (non-hydrogen) atoms. The second kappa shape index (κ2) is 7.61. The van der Waals surface area contributed by atoms with Gasteiger partial charge in [-0.15, -0.1) is 5.10 Å². The number of halogens is 1. The van der Waals surface area contributed by atoms with E-state index in [1.54, 1.807) is 10.7 Å². The number of benzene rings is 2. The monoisotopic (exact) mass is 430 g/mol. The Bertz CT molecular complexity index is 1290. The maximum atomic E-state index is 12.2. The zero-order chi connectivity index (χ0) is 21.4. The van der Waals surface area contributed by atoms with Gasteiger partial charge in [-0.3, -0.25) is 0 Å². The number of H-pyrrole nitrogens is 1. The van der Waals surface area contributed by atoms with Crippen LogP contribution in [-0.2, 0) is 12.0 Å². The number of tetrazole rings is 1. The minimum atomic E-state index is -1.43. The number of rotatable bonds is 5. The Labute approximate surface area is 183 Å². The van der Waals surface area contributed by atoms with E-state index in [1.807, 2.05) is 73.7 Å². The Morgan fingerprint density at radius 2 is 1.68 bits per heavy atom. The van der Waals surface area contributed by atoms with Gasteiger partial charge in [0.25, 0.3) is 0 Å². The van der Waals surface area contributed by atoms with Crippen molar-refractivity contribution in [1.29, 1.82) is 0 Å². The lowest BCUT2D eigenvalue weighted by Crippen LogP contribution is -2.30. The van der Waals surface area contributed by atoms with E-state index in [4.69, 9.17) is 16.7 Å². The molecule has 0 aliphatic heterocycles. The fraction of sp³-hybridized carbons (Fsp3) is 0.130. The fourth-order valence-corrected chi connectivity index (χ4v) is 4.25. The van der Waals surface area contributed by atoms with Gasteiger partial charge in [-0.25, -0.2) is 9.61 Å². The molecule has 8 heteroatoms. The number of pyridine rings is 1. The molecular formula is C23H19ClN6O. The van der Waals surface area contributed by atoms with Gasteiger partial charge < -0.3 is 5.11 Å². The van der Waals surface area contributed by atoms with E-state index in [1.165, 1.54) is 0 Å². The first kappa shape index (κ1) is 19.4. The number of nitrogens with zero attached hydrogens (tertiary/aromatic N) is 5. The van der Waals surface area contributed by atoms with Crippen molar-refractivity contribution in [3.05, 3.63) is 100 Å². The molecule has 3 aromatic heterocycles. The molecular weight excluding hydrogens is 412 g/mol. The molecule has 2 N–H and O–H groups in total. The normalized spacial score (nSPS) is 11.8. The van der Waals surface area contributed by atoms with E-state index in [-0.39, 0.29) is 0 Å². The van der Waals surface area contributed by atoms with E-state index in [0.29, 0.717) is 28.5 Å². The number of aliphatic hydroxyl groups is 1. The summed E-state index contributed by atoms with van der Waals surface area (Å²) in [5.74, 6) is 0.471. The minimum Gasteiger partial charge on any atom is -0.374 e. The molecule has 5 rings (SSSR count). The molecule has 5 aromatic rings. The van der Waals surface area contributed by atoms with Gasteiger partial charge in [-0.05, 0) is 34.0 Å². The summed E-state index contributed by atoms with van der Waals surface area (Å²) in [5, 5.41) is 31.5. The molecule has 154 valence electrons. The fourth-order valence-electron chi connectivity index (χ4n) is 4.01. The molecule has 0 saturated heterocycles. The van der Waals surface area contributed by atoms with Gasteiger partial charge in [0, 0.05) is 17.3 Å². The second-order valence-electron chi connectivity index (χ2n) is 7.24. The third-order valence-corrected chi connectivity index (χ3v) is 5.80. The predicted octanol–water partition coefficient (Wildman–Crippen LogP) is 4.01. The predicted molar refractivity (Wildman–Crippen MR) is 118 cm³/mol. The van der Waals surface area contributed by atoms with Gasteiger partial charge in [0.15, 0.2) is 11.4 Å². The summed E-state index contributed by atoms with van der Waals surface area (Å²) < 4.78 is 1.71. The molecule has 0 amide bonds. The van der Waals surface area contributed by atoms with Crippen LogP contribution in [0.3, 0.4) is 0 Å². The molecule has 0 atom stereocenters. The smallest absolute Gasteiger partial charge is 0.181 e. The number of hydrogen-bond donors (Lipinski definition) is 2. The molecule has 0 spiro atoms. The quantitative estimate of drug-likeness (QED) is 0.439. The SMILES string of the molecule is CCc1c(C(O)(c2ccccc2)c2ccccc2)nn2cc(Cl)c(-c3nnn[nH]3)cc12. The molecule has 0 fully saturated rings. The zero-order valence-electron chi connectivity index (χ0n) is 16.7. The topological polar surface area (TPSA) is 92.0 Å². The summed E-state index contributed by atoms with van der Waals surface area (Å²) in [6.45, 7) is 2.04. The van der Waals surface area contributed by atoms with Crippen LogP contribution in [0.1, 0.15) is 29.3 Å². The number of aromatic amines is 1. The summed E-state index contributed by atoms with van der Waals surface area (Å²) in [7, 11) is 0. The maximum absolute atomic E-state index is 12.2.